The highest BCUT2D eigenvalue weighted by Crippen LogP contribution is 2.31. The Labute approximate surface area is 97.7 Å². The van der Waals surface area contributed by atoms with Gasteiger partial charge < -0.3 is 9.67 Å². The van der Waals surface area contributed by atoms with Gasteiger partial charge in [0.1, 0.15) is 0 Å². The Morgan fingerprint density at radius 2 is 2.20 bits per heavy atom. The Bertz CT molecular complexity index is 490. The van der Waals surface area contributed by atoms with Crippen molar-refractivity contribution in [1.82, 2.24) is 4.57 Å². The Morgan fingerprint density at radius 1 is 1.47 bits per heavy atom. The van der Waals surface area contributed by atoms with Crippen molar-refractivity contribution in [3.05, 3.63) is 34.4 Å². The summed E-state index contributed by atoms with van der Waals surface area (Å²) in [6, 6.07) is 6.21. The van der Waals surface area contributed by atoms with Crippen LogP contribution in [0.5, 0.6) is 0 Å². The molecule has 0 fully saturated rings. The number of benzene rings is 1. The van der Waals surface area contributed by atoms with Crippen LogP contribution in [0.3, 0.4) is 0 Å². The molecule has 1 aromatic carbocycles. The van der Waals surface area contributed by atoms with Gasteiger partial charge >= 0.3 is 0 Å². The number of fused-ring (bicyclic) bond motifs is 1. The van der Waals surface area contributed by atoms with Crippen molar-refractivity contribution in [1.29, 1.82) is 0 Å². The number of halogens is 1. The minimum Gasteiger partial charge on any atom is -0.396 e. The number of aromatic nitrogens is 1. The zero-order valence-corrected chi connectivity index (χ0v) is 10.5. The molecule has 3 heteroatoms. The van der Waals surface area contributed by atoms with E-state index in [1.165, 1.54) is 16.5 Å². The summed E-state index contributed by atoms with van der Waals surface area (Å²) < 4.78 is 3.20. The average Bonchev–Trinajstić information content (AvgIpc) is 2.54. The first-order valence-electron chi connectivity index (χ1n) is 4.99. The van der Waals surface area contributed by atoms with Crippen molar-refractivity contribution in [2.75, 3.05) is 6.61 Å². The van der Waals surface area contributed by atoms with Gasteiger partial charge in [0, 0.05) is 35.6 Å². The number of aliphatic hydroxyl groups excluding tert-OH is 1. The third kappa shape index (κ3) is 1.70. The van der Waals surface area contributed by atoms with Gasteiger partial charge in [-0.15, -0.1) is 0 Å². The normalized spacial score (nSPS) is 13.3. The van der Waals surface area contributed by atoms with Gasteiger partial charge in [-0.1, -0.05) is 25.1 Å². The topological polar surface area (TPSA) is 25.2 Å². The quantitative estimate of drug-likeness (QED) is 0.889. The third-order valence-electron chi connectivity index (χ3n) is 2.79. The summed E-state index contributed by atoms with van der Waals surface area (Å²) in [5.41, 5.74) is 2.40. The van der Waals surface area contributed by atoms with E-state index in [1.54, 1.807) is 0 Å². The van der Waals surface area contributed by atoms with Gasteiger partial charge in [-0.25, -0.2) is 0 Å². The van der Waals surface area contributed by atoms with Crippen LogP contribution in [0, 0.1) is 0 Å². The average molecular weight is 268 g/mol. The lowest BCUT2D eigenvalue weighted by Crippen LogP contribution is -2.01. The molecular weight excluding hydrogens is 254 g/mol. The molecule has 2 aromatic rings. The van der Waals surface area contributed by atoms with Crippen LogP contribution in [-0.2, 0) is 7.05 Å². The molecule has 0 saturated heterocycles. The Kier molecular flexibility index (Phi) is 2.85. The van der Waals surface area contributed by atoms with Crippen LogP contribution in [0.2, 0.25) is 0 Å². The van der Waals surface area contributed by atoms with Crippen molar-refractivity contribution in [3.63, 3.8) is 0 Å². The van der Waals surface area contributed by atoms with Gasteiger partial charge in [0.05, 0.1) is 5.52 Å². The molecule has 1 aromatic heterocycles. The van der Waals surface area contributed by atoms with E-state index in [4.69, 9.17) is 0 Å². The summed E-state index contributed by atoms with van der Waals surface area (Å²) in [6.45, 7) is 2.22. The zero-order chi connectivity index (χ0) is 11.0. The summed E-state index contributed by atoms with van der Waals surface area (Å²) in [4.78, 5) is 0. The highest BCUT2D eigenvalue weighted by atomic mass is 79.9. The minimum atomic E-state index is 0.175. The standard InChI is InChI=1S/C12H14BrNO/c1-8(7-15)9-4-3-5-10-11(13)6-14(2)12(9)10/h3-6,8,15H,7H2,1-2H3. The second-order valence-electron chi connectivity index (χ2n) is 3.91. The number of rotatable bonds is 2. The van der Waals surface area contributed by atoms with Crippen LogP contribution in [0.15, 0.2) is 28.9 Å². The van der Waals surface area contributed by atoms with Crippen molar-refractivity contribution >= 4 is 26.8 Å². The molecule has 0 bridgehead atoms. The molecule has 0 aliphatic rings. The fraction of sp³-hybridized carbons (Fsp3) is 0.333. The molecule has 0 aliphatic heterocycles. The Balaban J connectivity index is 2.75. The summed E-state index contributed by atoms with van der Waals surface area (Å²) in [5.74, 6) is 0.175. The van der Waals surface area contributed by atoms with Crippen LogP contribution in [0.4, 0.5) is 0 Å². The van der Waals surface area contributed by atoms with E-state index in [0.717, 1.165) is 4.47 Å². The van der Waals surface area contributed by atoms with Crippen LogP contribution in [0.1, 0.15) is 18.4 Å². The molecule has 1 atom stereocenters. The molecule has 15 heavy (non-hydrogen) atoms. The van der Waals surface area contributed by atoms with Gasteiger partial charge in [0.2, 0.25) is 0 Å². The largest absolute Gasteiger partial charge is 0.396 e. The molecule has 0 spiro atoms. The lowest BCUT2D eigenvalue weighted by molar-refractivity contribution is 0.273. The molecule has 0 amide bonds. The molecular formula is C12H14BrNO. The fourth-order valence-corrected chi connectivity index (χ4v) is 2.57. The van der Waals surface area contributed by atoms with Crippen molar-refractivity contribution < 1.29 is 5.11 Å². The van der Waals surface area contributed by atoms with Gasteiger partial charge in [0.15, 0.2) is 0 Å². The second-order valence-corrected chi connectivity index (χ2v) is 4.77. The predicted octanol–water partition coefficient (Wildman–Crippen LogP) is 3.04. The van der Waals surface area contributed by atoms with Gasteiger partial charge in [-0.2, -0.15) is 0 Å². The van der Waals surface area contributed by atoms with E-state index >= 15 is 0 Å². The highest BCUT2D eigenvalue weighted by Gasteiger charge is 2.12. The Morgan fingerprint density at radius 3 is 2.87 bits per heavy atom. The fourth-order valence-electron chi connectivity index (χ4n) is 1.95. The maximum Gasteiger partial charge on any atom is 0.0525 e. The van der Waals surface area contributed by atoms with E-state index in [1.807, 2.05) is 20.0 Å². The molecule has 2 rings (SSSR count). The molecule has 2 nitrogen and oxygen atoms in total. The lowest BCUT2D eigenvalue weighted by atomic mass is 10.00. The maximum absolute atomic E-state index is 9.22. The van der Waals surface area contributed by atoms with Crippen LogP contribution in [-0.4, -0.2) is 16.3 Å². The van der Waals surface area contributed by atoms with E-state index in [9.17, 15) is 5.11 Å². The molecule has 0 saturated carbocycles. The number of aryl methyl sites for hydroxylation is 1. The van der Waals surface area contributed by atoms with Gasteiger partial charge in [-0.05, 0) is 21.5 Å². The monoisotopic (exact) mass is 267 g/mol. The summed E-state index contributed by atoms with van der Waals surface area (Å²) in [7, 11) is 2.03. The highest BCUT2D eigenvalue weighted by molar-refractivity contribution is 9.10. The first-order valence-corrected chi connectivity index (χ1v) is 5.78. The number of aliphatic hydroxyl groups is 1. The van der Waals surface area contributed by atoms with E-state index < -0.39 is 0 Å². The predicted molar refractivity (Wildman–Crippen MR) is 66.1 cm³/mol. The third-order valence-corrected chi connectivity index (χ3v) is 3.42. The van der Waals surface area contributed by atoms with Crippen LogP contribution < -0.4 is 0 Å². The molecule has 1 unspecified atom stereocenters. The van der Waals surface area contributed by atoms with E-state index in [-0.39, 0.29) is 12.5 Å². The van der Waals surface area contributed by atoms with Crippen molar-refractivity contribution in [2.45, 2.75) is 12.8 Å². The number of para-hydroxylation sites is 1. The maximum atomic E-state index is 9.22. The molecule has 0 radical (unpaired) electrons. The zero-order valence-electron chi connectivity index (χ0n) is 8.87. The van der Waals surface area contributed by atoms with Gasteiger partial charge in [-0.3, -0.25) is 0 Å². The summed E-state index contributed by atoms with van der Waals surface area (Å²) in [5, 5.41) is 10.4. The number of hydrogen-bond donors (Lipinski definition) is 1. The smallest absolute Gasteiger partial charge is 0.0525 e. The lowest BCUT2D eigenvalue weighted by Gasteiger charge is -2.11. The second kappa shape index (κ2) is 3.99. The van der Waals surface area contributed by atoms with E-state index in [2.05, 4.69) is 38.8 Å². The molecule has 80 valence electrons. The summed E-state index contributed by atoms with van der Waals surface area (Å²) in [6.07, 6.45) is 2.05. The van der Waals surface area contributed by atoms with Gasteiger partial charge in [0.25, 0.3) is 0 Å². The van der Waals surface area contributed by atoms with E-state index in [0.29, 0.717) is 0 Å². The molecule has 0 aliphatic carbocycles. The van der Waals surface area contributed by atoms with Crippen LogP contribution >= 0.6 is 15.9 Å². The summed E-state index contributed by atoms with van der Waals surface area (Å²) >= 11 is 3.54. The SMILES string of the molecule is CC(CO)c1cccc2c(Br)cn(C)c12. The minimum absolute atomic E-state index is 0.175. The van der Waals surface area contributed by atoms with Crippen molar-refractivity contribution in [3.8, 4) is 0 Å². The molecule has 1 N–H and O–H groups in total. The van der Waals surface area contributed by atoms with Crippen LogP contribution in [0.25, 0.3) is 10.9 Å². The first-order chi connectivity index (χ1) is 7.15. The first kappa shape index (κ1) is 10.7. The molecule has 1 heterocycles. The number of hydrogen-bond acceptors (Lipinski definition) is 1. The Hall–Kier alpha value is -0.800. The van der Waals surface area contributed by atoms with Crippen molar-refractivity contribution in [2.24, 2.45) is 7.05 Å². The number of nitrogens with zero attached hydrogens (tertiary/aromatic N) is 1.